The first-order valence-electron chi connectivity index (χ1n) is 12.0. The molecule has 7 atom stereocenters. The van der Waals surface area contributed by atoms with Gasteiger partial charge in [0.05, 0.1) is 19.3 Å². The minimum Gasteiger partial charge on any atom is -0.465 e. The van der Waals surface area contributed by atoms with Crippen molar-refractivity contribution in [2.75, 3.05) is 19.8 Å². The highest BCUT2D eigenvalue weighted by atomic mass is 16.6. The summed E-state index contributed by atoms with van der Waals surface area (Å²) in [6.45, 7) is 10.5. The molecule has 1 aliphatic carbocycles. The number of rotatable bonds is 7. The van der Waals surface area contributed by atoms with E-state index in [2.05, 4.69) is 0 Å². The van der Waals surface area contributed by atoms with Crippen LogP contribution in [0.15, 0.2) is 11.6 Å². The van der Waals surface area contributed by atoms with Crippen molar-refractivity contribution >= 4 is 17.9 Å². The van der Waals surface area contributed by atoms with E-state index in [1.807, 2.05) is 33.8 Å². The number of hydrogen-bond acceptors (Lipinski definition) is 9. The molecule has 0 aromatic heterocycles. The summed E-state index contributed by atoms with van der Waals surface area (Å²) in [5.41, 5.74) is -0.781. The first-order valence-corrected chi connectivity index (χ1v) is 12.0. The maximum absolute atomic E-state index is 12.5. The second-order valence-electron chi connectivity index (χ2n) is 10.4. The van der Waals surface area contributed by atoms with Gasteiger partial charge in [-0.25, -0.2) is 0 Å². The zero-order valence-corrected chi connectivity index (χ0v) is 21.0. The molecule has 34 heavy (non-hydrogen) atoms. The fourth-order valence-corrected chi connectivity index (χ4v) is 5.22. The van der Waals surface area contributed by atoms with Gasteiger partial charge in [0.15, 0.2) is 0 Å². The van der Waals surface area contributed by atoms with E-state index in [9.17, 15) is 19.5 Å². The molecule has 9 nitrogen and oxygen atoms in total. The number of epoxide rings is 1. The standard InChI is InChI=1S/C25H38O9/c1-14(2)7-23(29)33-19-9-24(12-30-17(5)27)16(4)20(32-18(6)28)10-25(13-31-25)22(11-26)34-21(24)8-15(19)3/h8,14,16,19-22,26H,7,9-13H2,1-6H3/t16-,19+,20+,21-,22-,24+,25+/m1/s1. The van der Waals surface area contributed by atoms with E-state index in [-0.39, 0.29) is 31.0 Å². The third-order valence-corrected chi connectivity index (χ3v) is 7.35. The van der Waals surface area contributed by atoms with Crippen LogP contribution in [-0.2, 0) is 38.1 Å². The van der Waals surface area contributed by atoms with Crippen LogP contribution in [0, 0.1) is 17.3 Å². The maximum atomic E-state index is 12.5. The summed E-state index contributed by atoms with van der Waals surface area (Å²) in [6, 6.07) is 0. The van der Waals surface area contributed by atoms with Crippen molar-refractivity contribution in [2.45, 2.75) is 90.8 Å². The van der Waals surface area contributed by atoms with Gasteiger partial charge in [0.2, 0.25) is 0 Å². The maximum Gasteiger partial charge on any atom is 0.306 e. The molecule has 9 heteroatoms. The molecule has 3 rings (SSSR count). The van der Waals surface area contributed by atoms with Crippen molar-refractivity contribution in [2.24, 2.45) is 17.3 Å². The number of hydrogen-bond donors (Lipinski definition) is 1. The van der Waals surface area contributed by atoms with Gasteiger partial charge in [-0.05, 0) is 18.4 Å². The molecule has 0 aromatic rings. The van der Waals surface area contributed by atoms with Crippen LogP contribution >= 0.6 is 0 Å². The Hall–Kier alpha value is -1.97. The van der Waals surface area contributed by atoms with Crippen molar-refractivity contribution < 1.29 is 43.2 Å². The van der Waals surface area contributed by atoms with Gasteiger partial charge in [-0.15, -0.1) is 0 Å². The summed E-state index contributed by atoms with van der Waals surface area (Å²) < 4.78 is 29.3. The highest BCUT2D eigenvalue weighted by Gasteiger charge is 2.62. The SMILES string of the molecule is CC(=O)OC[C@]12C[C@H](OC(=O)CC(C)C)C(C)=C[C@H]1O[C@H](CO)[C@@]1(CO1)C[C@H](OC(C)=O)[C@H]2C. The van der Waals surface area contributed by atoms with Gasteiger partial charge in [0.1, 0.15) is 30.5 Å². The predicted molar refractivity (Wildman–Crippen MR) is 121 cm³/mol. The van der Waals surface area contributed by atoms with Gasteiger partial charge >= 0.3 is 17.9 Å². The molecular formula is C25H38O9. The fourth-order valence-electron chi connectivity index (χ4n) is 5.22. The van der Waals surface area contributed by atoms with Gasteiger partial charge in [-0.2, -0.15) is 0 Å². The molecule has 192 valence electrons. The summed E-state index contributed by atoms with van der Waals surface area (Å²) in [5.74, 6) is -1.37. The Labute approximate surface area is 201 Å². The zero-order valence-electron chi connectivity index (χ0n) is 21.0. The lowest BCUT2D eigenvalue weighted by molar-refractivity contribution is -0.204. The smallest absolute Gasteiger partial charge is 0.306 e. The van der Waals surface area contributed by atoms with Crippen LogP contribution < -0.4 is 0 Å². The van der Waals surface area contributed by atoms with E-state index in [1.54, 1.807) is 0 Å². The lowest BCUT2D eigenvalue weighted by Crippen LogP contribution is -2.59. The summed E-state index contributed by atoms with van der Waals surface area (Å²) in [6.07, 6.45) is 0.484. The molecule has 2 heterocycles. The van der Waals surface area contributed by atoms with E-state index in [0.29, 0.717) is 25.9 Å². The third kappa shape index (κ3) is 5.63. The second kappa shape index (κ2) is 10.3. The molecular weight excluding hydrogens is 444 g/mol. The van der Waals surface area contributed by atoms with Crippen molar-refractivity contribution in [3.8, 4) is 0 Å². The van der Waals surface area contributed by atoms with Gasteiger partial charge in [-0.3, -0.25) is 14.4 Å². The van der Waals surface area contributed by atoms with E-state index in [0.717, 1.165) is 5.57 Å². The van der Waals surface area contributed by atoms with E-state index in [4.69, 9.17) is 23.7 Å². The lowest BCUT2D eigenvalue weighted by Gasteiger charge is -2.52. The van der Waals surface area contributed by atoms with Crippen molar-refractivity contribution in [1.82, 2.24) is 0 Å². The van der Waals surface area contributed by atoms with Crippen LogP contribution in [0.2, 0.25) is 0 Å². The van der Waals surface area contributed by atoms with Crippen molar-refractivity contribution in [3.63, 3.8) is 0 Å². The lowest BCUT2D eigenvalue weighted by atomic mass is 9.61. The molecule has 0 amide bonds. The van der Waals surface area contributed by atoms with Gasteiger partial charge in [0.25, 0.3) is 0 Å². The van der Waals surface area contributed by atoms with Crippen LogP contribution in [0.4, 0.5) is 0 Å². The second-order valence-corrected chi connectivity index (χ2v) is 10.4. The van der Waals surface area contributed by atoms with E-state index < -0.39 is 47.4 Å². The van der Waals surface area contributed by atoms with Crippen molar-refractivity contribution in [1.29, 1.82) is 0 Å². The van der Waals surface area contributed by atoms with E-state index in [1.165, 1.54) is 13.8 Å². The summed E-state index contributed by atoms with van der Waals surface area (Å²) in [4.78, 5) is 36.4. The quantitative estimate of drug-likeness (QED) is 0.252. The number of esters is 3. The minimum absolute atomic E-state index is 0.0139. The van der Waals surface area contributed by atoms with Crippen LogP contribution in [0.3, 0.4) is 0 Å². The minimum atomic E-state index is -0.863. The molecule has 0 radical (unpaired) electrons. The Morgan fingerprint density at radius 1 is 1.18 bits per heavy atom. The Morgan fingerprint density at radius 2 is 1.85 bits per heavy atom. The fraction of sp³-hybridized carbons (Fsp3) is 0.800. The van der Waals surface area contributed by atoms with Gasteiger partial charge < -0.3 is 28.8 Å². The first kappa shape index (κ1) is 26.6. The summed E-state index contributed by atoms with van der Waals surface area (Å²) in [5, 5.41) is 10.1. The number of carbonyl (C=O) groups excluding carboxylic acids is 3. The molecule has 1 N–H and O–H groups in total. The van der Waals surface area contributed by atoms with Crippen LogP contribution in [0.25, 0.3) is 0 Å². The molecule has 0 bridgehead atoms. The third-order valence-electron chi connectivity index (χ3n) is 7.35. The monoisotopic (exact) mass is 482 g/mol. The normalized spacial score (nSPS) is 37.2. The molecule has 0 aromatic carbocycles. The number of aliphatic hydroxyl groups excluding tert-OH is 1. The van der Waals surface area contributed by atoms with Crippen LogP contribution in [0.1, 0.15) is 60.8 Å². The predicted octanol–water partition coefficient (Wildman–Crippen LogP) is 2.33. The molecule has 1 spiro atoms. The van der Waals surface area contributed by atoms with Gasteiger partial charge in [0, 0.05) is 44.4 Å². The Bertz CT molecular complexity index is 815. The highest BCUT2D eigenvalue weighted by molar-refractivity contribution is 5.70. The molecule has 0 unspecified atom stereocenters. The van der Waals surface area contributed by atoms with Gasteiger partial charge in [-0.1, -0.05) is 26.8 Å². The number of aliphatic hydroxyl groups is 1. The Kier molecular flexibility index (Phi) is 8.10. The molecule has 2 saturated heterocycles. The van der Waals surface area contributed by atoms with Crippen molar-refractivity contribution in [3.05, 3.63) is 11.6 Å². The average Bonchev–Trinajstić information content (AvgIpc) is 3.50. The largest absolute Gasteiger partial charge is 0.465 e. The number of fused-ring (bicyclic) bond motifs is 1. The molecule has 3 aliphatic rings. The molecule has 0 saturated carbocycles. The number of carbonyl (C=O) groups is 3. The Morgan fingerprint density at radius 3 is 2.38 bits per heavy atom. The molecule has 2 fully saturated rings. The summed E-state index contributed by atoms with van der Waals surface area (Å²) >= 11 is 0. The average molecular weight is 483 g/mol. The number of ether oxygens (including phenoxy) is 5. The topological polar surface area (TPSA) is 121 Å². The van der Waals surface area contributed by atoms with Crippen LogP contribution in [0.5, 0.6) is 0 Å². The highest BCUT2D eigenvalue weighted by Crippen LogP contribution is 2.52. The first-order chi connectivity index (χ1) is 15.9. The Balaban J connectivity index is 2.04. The van der Waals surface area contributed by atoms with Crippen LogP contribution in [-0.4, -0.2) is 72.9 Å². The summed E-state index contributed by atoms with van der Waals surface area (Å²) in [7, 11) is 0. The zero-order chi connectivity index (χ0) is 25.3. The van der Waals surface area contributed by atoms with E-state index >= 15 is 0 Å². The molecule has 2 aliphatic heterocycles.